The molecule has 0 rings (SSSR count). The quantitative estimate of drug-likeness (QED) is 0.453. The average molecular weight is 172 g/mol. The summed E-state index contributed by atoms with van der Waals surface area (Å²) in [4.78, 5) is 10.8. The van der Waals surface area contributed by atoms with Gasteiger partial charge in [-0.15, -0.1) is 0 Å². The molecule has 0 saturated carbocycles. The van der Waals surface area contributed by atoms with E-state index in [1.165, 1.54) is 12.8 Å². The molecule has 0 N–H and O–H groups in total. The molecule has 0 saturated heterocycles. The first-order valence-electron chi connectivity index (χ1n) is 4.17. The monoisotopic (exact) mass is 172 g/mol. The number of rotatable bonds is 6. The molecule has 0 aliphatic heterocycles. The summed E-state index contributed by atoms with van der Waals surface area (Å²) in [5.74, 6) is -0.0399. The molecule has 0 unspecified atom stereocenters. The molecule has 64 valence electrons. The normalized spacial score (nSPS) is 9.64. The van der Waals surface area contributed by atoms with Crippen LogP contribution >= 0.6 is 0 Å². The van der Waals surface area contributed by atoms with Crippen LogP contribution in [0.25, 0.3) is 0 Å². The Morgan fingerprint density at radius 1 is 1.36 bits per heavy atom. The Kier molecular flexibility index (Phi) is 7.57. The van der Waals surface area contributed by atoms with Gasteiger partial charge in [-0.25, -0.2) is 0 Å². The minimum absolute atomic E-state index is 0.0399. The summed E-state index contributed by atoms with van der Waals surface area (Å²) in [6.45, 7) is 4.02. The predicted molar refractivity (Wildman–Crippen MR) is 46.5 cm³/mol. The van der Waals surface area contributed by atoms with Crippen molar-refractivity contribution in [1.82, 2.24) is 0 Å². The van der Waals surface area contributed by atoms with Crippen molar-refractivity contribution in [2.24, 2.45) is 0 Å². The van der Waals surface area contributed by atoms with Gasteiger partial charge in [-0.3, -0.25) is 4.79 Å². The Balaban J connectivity index is 3.04. The van der Waals surface area contributed by atoms with Crippen LogP contribution in [0.2, 0.25) is 6.55 Å². The van der Waals surface area contributed by atoms with Gasteiger partial charge in [-0.2, -0.15) is 0 Å². The van der Waals surface area contributed by atoms with Crippen LogP contribution in [0.15, 0.2) is 0 Å². The van der Waals surface area contributed by atoms with E-state index in [9.17, 15) is 4.79 Å². The van der Waals surface area contributed by atoms with E-state index >= 15 is 0 Å². The lowest BCUT2D eigenvalue weighted by molar-refractivity contribution is -0.134. The summed E-state index contributed by atoms with van der Waals surface area (Å²) in [6.07, 6.45) is 5.17. The predicted octanol–water partition coefficient (Wildman–Crippen LogP) is 2.17. The van der Waals surface area contributed by atoms with Crippen LogP contribution in [0.1, 0.15) is 39.0 Å². The number of carbonyl (C=O) groups is 1. The molecule has 0 heterocycles. The second-order valence-corrected chi connectivity index (χ2v) is 3.10. The SMILES string of the molecule is CCCCCCC(=O)O[Si]C. The van der Waals surface area contributed by atoms with E-state index in [0.29, 0.717) is 16.2 Å². The van der Waals surface area contributed by atoms with Gasteiger partial charge in [0, 0.05) is 6.42 Å². The van der Waals surface area contributed by atoms with Crippen LogP contribution in [0.3, 0.4) is 0 Å². The van der Waals surface area contributed by atoms with Crippen molar-refractivity contribution >= 4 is 15.7 Å². The lowest BCUT2D eigenvalue weighted by atomic mass is 10.2. The first-order chi connectivity index (χ1) is 5.31. The second kappa shape index (κ2) is 7.79. The third-order valence-electron chi connectivity index (χ3n) is 1.45. The fourth-order valence-electron chi connectivity index (χ4n) is 0.861. The largest absolute Gasteiger partial charge is 0.517 e. The smallest absolute Gasteiger partial charge is 0.311 e. The van der Waals surface area contributed by atoms with Crippen molar-refractivity contribution in [3.63, 3.8) is 0 Å². The standard InChI is InChI=1S/C8H16O2Si/c1-3-4-5-6-7-8(9)10-11-2/h3-7H2,1-2H3. The molecule has 0 fully saturated rings. The van der Waals surface area contributed by atoms with Gasteiger partial charge in [-0.1, -0.05) is 26.2 Å². The lowest BCUT2D eigenvalue weighted by Gasteiger charge is -1.99. The van der Waals surface area contributed by atoms with Gasteiger partial charge >= 0.3 is 9.76 Å². The van der Waals surface area contributed by atoms with Crippen molar-refractivity contribution in [1.29, 1.82) is 0 Å². The summed E-state index contributed by atoms with van der Waals surface area (Å²) in [7, 11) is 0.301. The van der Waals surface area contributed by atoms with Gasteiger partial charge in [0.2, 0.25) is 0 Å². The molecule has 0 atom stereocenters. The van der Waals surface area contributed by atoms with Crippen LogP contribution in [0.5, 0.6) is 0 Å². The fourth-order valence-corrected chi connectivity index (χ4v) is 1.19. The third-order valence-corrected chi connectivity index (χ3v) is 1.88. The fraction of sp³-hybridized carbons (Fsp3) is 0.875. The molecule has 0 aromatic heterocycles. The second-order valence-electron chi connectivity index (χ2n) is 2.49. The summed E-state index contributed by atoms with van der Waals surface area (Å²) in [6, 6.07) is 0. The van der Waals surface area contributed by atoms with Crippen LogP contribution < -0.4 is 0 Å². The van der Waals surface area contributed by atoms with Crippen LogP contribution in [0, 0.1) is 0 Å². The molecule has 0 aromatic carbocycles. The molecule has 3 heteroatoms. The van der Waals surface area contributed by atoms with Crippen LogP contribution in [-0.2, 0) is 9.22 Å². The van der Waals surface area contributed by atoms with E-state index in [0.717, 1.165) is 12.8 Å². The minimum Gasteiger partial charge on any atom is -0.517 e. The van der Waals surface area contributed by atoms with Crippen LogP contribution in [0.4, 0.5) is 0 Å². The molecule has 0 aliphatic rings. The number of hydrogen-bond acceptors (Lipinski definition) is 2. The van der Waals surface area contributed by atoms with E-state index in [2.05, 4.69) is 6.92 Å². The first-order valence-corrected chi connectivity index (χ1v) is 5.58. The highest BCUT2D eigenvalue weighted by molar-refractivity contribution is 6.28. The highest BCUT2D eigenvalue weighted by Gasteiger charge is 1.99. The summed E-state index contributed by atoms with van der Waals surface area (Å²) in [5, 5.41) is 0. The third kappa shape index (κ3) is 7.59. The molecule has 2 nitrogen and oxygen atoms in total. The van der Waals surface area contributed by atoms with Crippen molar-refractivity contribution in [2.75, 3.05) is 0 Å². The first kappa shape index (κ1) is 10.7. The van der Waals surface area contributed by atoms with Crippen LogP contribution in [-0.4, -0.2) is 15.7 Å². The Labute approximate surface area is 71.3 Å². The lowest BCUT2D eigenvalue weighted by Crippen LogP contribution is -2.05. The van der Waals surface area contributed by atoms with Crippen molar-refractivity contribution in [2.45, 2.75) is 45.6 Å². The summed E-state index contributed by atoms with van der Waals surface area (Å²) in [5.41, 5.74) is 0. The van der Waals surface area contributed by atoms with E-state index in [1.807, 2.05) is 6.55 Å². The summed E-state index contributed by atoms with van der Waals surface area (Å²) >= 11 is 0. The van der Waals surface area contributed by atoms with E-state index < -0.39 is 0 Å². The van der Waals surface area contributed by atoms with E-state index in [4.69, 9.17) is 4.43 Å². The van der Waals surface area contributed by atoms with Gasteiger partial charge in [0.15, 0.2) is 0 Å². The molecular weight excluding hydrogens is 156 g/mol. The molecule has 0 aliphatic carbocycles. The molecule has 0 amide bonds. The van der Waals surface area contributed by atoms with E-state index in [-0.39, 0.29) is 5.97 Å². The number of hydrogen-bond donors (Lipinski definition) is 0. The molecule has 0 aromatic rings. The highest BCUT2D eigenvalue weighted by Crippen LogP contribution is 2.02. The van der Waals surface area contributed by atoms with Crippen molar-refractivity contribution < 1.29 is 9.22 Å². The Hall–Kier alpha value is -0.313. The zero-order valence-corrected chi connectivity index (χ0v) is 8.35. The maximum Gasteiger partial charge on any atom is 0.311 e. The number of carbonyl (C=O) groups excluding carboxylic acids is 1. The van der Waals surface area contributed by atoms with Gasteiger partial charge in [0.25, 0.3) is 5.97 Å². The van der Waals surface area contributed by atoms with Gasteiger partial charge in [0.05, 0.1) is 0 Å². The maximum absolute atomic E-state index is 10.8. The molecule has 0 bridgehead atoms. The van der Waals surface area contributed by atoms with Crippen molar-refractivity contribution in [3.8, 4) is 0 Å². The molecule has 2 radical (unpaired) electrons. The summed E-state index contributed by atoms with van der Waals surface area (Å²) < 4.78 is 4.81. The molecule has 0 spiro atoms. The van der Waals surface area contributed by atoms with Gasteiger partial charge in [0.1, 0.15) is 0 Å². The Bertz CT molecular complexity index is 104. The van der Waals surface area contributed by atoms with Gasteiger partial charge < -0.3 is 4.43 Å². The minimum atomic E-state index is -0.0399. The molecule has 11 heavy (non-hydrogen) atoms. The number of unbranched alkanes of at least 4 members (excludes halogenated alkanes) is 3. The van der Waals surface area contributed by atoms with E-state index in [1.54, 1.807) is 0 Å². The maximum atomic E-state index is 10.8. The molecular formula is C8H16O2Si. The topological polar surface area (TPSA) is 26.3 Å². The highest BCUT2D eigenvalue weighted by atomic mass is 28.2. The average Bonchev–Trinajstić information content (AvgIpc) is 1.99. The Morgan fingerprint density at radius 2 is 2.09 bits per heavy atom. The zero-order valence-electron chi connectivity index (χ0n) is 7.35. The zero-order chi connectivity index (χ0) is 8.53. The van der Waals surface area contributed by atoms with Gasteiger partial charge in [-0.05, 0) is 13.0 Å². The Morgan fingerprint density at radius 3 is 2.64 bits per heavy atom. The van der Waals surface area contributed by atoms with Crippen molar-refractivity contribution in [3.05, 3.63) is 0 Å².